The zero-order valence-electron chi connectivity index (χ0n) is 9.25. The molecule has 2 atom stereocenters. The molecule has 2 rings (SSSR count). The average Bonchev–Trinajstić information content (AvgIpc) is 2.28. The highest BCUT2D eigenvalue weighted by molar-refractivity contribution is 7.90. The van der Waals surface area contributed by atoms with E-state index in [1.54, 1.807) is 18.2 Å². The monoisotopic (exact) mass is 271 g/mol. The minimum Gasteiger partial charge on any atom is -0.232 e. The van der Waals surface area contributed by atoms with E-state index in [-0.39, 0.29) is 5.56 Å². The summed E-state index contributed by atoms with van der Waals surface area (Å²) in [5.41, 5.74) is -2.45. The summed E-state index contributed by atoms with van der Waals surface area (Å²) in [4.78, 5) is 0. The second-order valence-corrected chi connectivity index (χ2v) is 5.72. The van der Waals surface area contributed by atoms with Gasteiger partial charge in [-0.15, -0.1) is 0 Å². The fourth-order valence-corrected chi connectivity index (χ4v) is 2.92. The van der Waals surface area contributed by atoms with Crippen LogP contribution >= 0.6 is 0 Å². The van der Waals surface area contributed by atoms with Crippen molar-refractivity contribution in [1.29, 1.82) is 0 Å². The summed E-state index contributed by atoms with van der Waals surface area (Å²) < 4.78 is 50.9. The Balaban J connectivity index is 2.61. The molecule has 0 bridgehead atoms. The predicted molar refractivity (Wildman–Crippen MR) is 64.5 cm³/mol. The Kier molecular flexibility index (Phi) is 3.08. The number of hydrogen-bond donors (Lipinski definition) is 1. The highest BCUT2D eigenvalue weighted by Crippen LogP contribution is 2.39. The van der Waals surface area contributed by atoms with Gasteiger partial charge in [-0.3, -0.25) is 0 Å². The molecule has 3 nitrogen and oxygen atoms in total. The van der Waals surface area contributed by atoms with E-state index in [0.717, 1.165) is 12.2 Å². The second kappa shape index (κ2) is 4.29. The molecule has 1 aliphatic rings. The summed E-state index contributed by atoms with van der Waals surface area (Å²) >= 11 is 0. The van der Waals surface area contributed by atoms with Crippen molar-refractivity contribution in [3.05, 3.63) is 60.0 Å². The lowest BCUT2D eigenvalue weighted by Crippen LogP contribution is -2.43. The molecule has 2 N–H and O–H groups in total. The normalized spacial score (nSPS) is 27.9. The van der Waals surface area contributed by atoms with Crippen LogP contribution < -0.4 is 5.14 Å². The van der Waals surface area contributed by atoms with Gasteiger partial charge in [-0.05, 0) is 17.7 Å². The summed E-state index contributed by atoms with van der Waals surface area (Å²) in [6, 6.07) is 7.52. The van der Waals surface area contributed by atoms with E-state index in [1.165, 1.54) is 12.1 Å². The molecule has 0 heterocycles. The van der Waals surface area contributed by atoms with Crippen molar-refractivity contribution in [2.45, 2.75) is 10.9 Å². The Morgan fingerprint density at radius 1 is 1.22 bits per heavy atom. The summed E-state index contributed by atoms with van der Waals surface area (Å²) in [5.74, 6) is -0.832. The van der Waals surface area contributed by atoms with Crippen LogP contribution in [0.5, 0.6) is 0 Å². The van der Waals surface area contributed by atoms with Gasteiger partial charge in [0.2, 0.25) is 10.0 Å². The number of nitrogens with two attached hydrogens (primary N) is 1. The van der Waals surface area contributed by atoms with E-state index in [4.69, 9.17) is 5.14 Å². The van der Waals surface area contributed by atoms with Gasteiger partial charge in [0.1, 0.15) is 11.1 Å². The average molecular weight is 271 g/mol. The van der Waals surface area contributed by atoms with Crippen LogP contribution in [0.15, 0.2) is 54.4 Å². The molecule has 1 aliphatic carbocycles. The van der Waals surface area contributed by atoms with Crippen molar-refractivity contribution >= 4 is 10.0 Å². The van der Waals surface area contributed by atoms with Crippen LogP contribution in [-0.4, -0.2) is 13.7 Å². The lowest BCUT2D eigenvalue weighted by Gasteiger charge is -2.30. The minimum atomic E-state index is -4.18. The van der Waals surface area contributed by atoms with Crippen LogP contribution in [0, 0.1) is 0 Å². The number of sulfonamides is 1. The minimum absolute atomic E-state index is 0.0449. The Morgan fingerprint density at radius 2 is 1.83 bits per heavy atom. The van der Waals surface area contributed by atoms with E-state index < -0.39 is 26.8 Å². The van der Waals surface area contributed by atoms with Gasteiger partial charge in [-0.25, -0.2) is 22.3 Å². The van der Waals surface area contributed by atoms with Crippen molar-refractivity contribution in [3.8, 4) is 0 Å². The van der Waals surface area contributed by atoms with Crippen LogP contribution in [0.4, 0.5) is 8.78 Å². The third-order valence-corrected chi connectivity index (χ3v) is 3.97. The zero-order chi connectivity index (χ0) is 13.4. The Labute approximate surface area is 104 Å². The predicted octanol–water partition coefficient (Wildman–Crippen LogP) is 1.93. The number of primary sulfonamides is 1. The molecule has 0 aromatic heterocycles. The first kappa shape index (κ1) is 12.9. The third-order valence-electron chi connectivity index (χ3n) is 2.76. The quantitative estimate of drug-likeness (QED) is 0.893. The molecule has 1 aromatic rings. The first-order valence-corrected chi connectivity index (χ1v) is 6.77. The van der Waals surface area contributed by atoms with Crippen molar-refractivity contribution in [1.82, 2.24) is 0 Å². The fourth-order valence-electron chi connectivity index (χ4n) is 1.94. The molecule has 0 aliphatic heterocycles. The number of rotatable bonds is 2. The first-order chi connectivity index (χ1) is 8.34. The summed E-state index contributed by atoms with van der Waals surface area (Å²) in [7, 11) is -4.18. The highest BCUT2D eigenvalue weighted by atomic mass is 32.2. The van der Waals surface area contributed by atoms with Crippen LogP contribution in [0.3, 0.4) is 0 Å². The maximum absolute atomic E-state index is 14.9. The van der Waals surface area contributed by atoms with Crippen molar-refractivity contribution in [3.63, 3.8) is 0 Å². The number of allylic oxidation sites excluding steroid dienone is 3. The topological polar surface area (TPSA) is 60.2 Å². The van der Waals surface area contributed by atoms with Gasteiger partial charge in [0, 0.05) is 0 Å². The molecule has 18 heavy (non-hydrogen) atoms. The summed E-state index contributed by atoms with van der Waals surface area (Å²) in [6.07, 6.45) is 2.46. The van der Waals surface area contributed by atoms with E-state index in [2.05, 4.69) is 0 Å². The van der Waals surface area contributed by atoms with Crippen LogP contribution in [0.25, 0.3) is 0 Å². The molecule has 0 fully saturated rings. The van der Waals surface area contributed by atoms with Gasteiger partial charge < -0.3 is 0 Å². The van der Waals surface area contributed by atoms with Gasteiger partial charge in [0.05, 0.1) is 0 Å². The highest BCUT2D eigenvalue weighted by Gasteiger charge is 2.46. The van der Waals surface area contributed by atoms with Crippen LogP contribution in [0.1, 0.15) is 5.56 Å². The van der Waals surface area contributed by atoms with Crippen molar-refractivity contribution in [2.75, 3.05) is 0 Å². The van der Waals surface area contributed by atoms with Crippen molar-refractivity contribution < 1.29 is 17.2 Å². The molecule has 0 spiro atoms. The molecule has 1 aromatic carbocycles. The lowest BCUT2D eigenvalue weighted by atomic mass is 9.88. The second-order valence-electron chi connectivity index (χ2n) is 4.03. The molecule has 2 unspecified atom stereocenters. The number of benzene rings is 1. The number of hydrogen-bond acceptors (Lipinski definition) is 2. The molecule has 0 amide bonds. The van der Waals surface area contributed by atoms with Crippen LogP contribution in [-0.2, 0) is 15.7 Å². The first-order valence-electron chi connectivity index (χ1n) is 5.16. The van der Waals surface area contributed by atoms with Gasteiger partial charge in [-0.1, -0.05) is 36.4 Å². The van der Waals surface area contributed by atoms with Gasteiger partial charge in [0.15, 0.2) is 5.67 Å². The smallest absolute Gasteiger partial charge is 0.219 e. The SMILES string of the molecule is NS(=O)(=O)C1C=CC(F)=CC1(F)c1ccccc1. The van der Waals surface area contributed by atoms with E-state index in [9.17, 15) is 17.2 Å². The third kappa shape index (κ3) is 2.21. The van der Waals surface area contributed by atoms with E-state index in [0.29, 0.717) is 6.08 Å². The molecule has 0 radical (unpaired) electrons. The molecular formula is C12H11F2NO2S. The number of alkyl halides is 1. The maximum Gasteiger partial charge on any atom is 0.219 e. The number of halogens is 2. The van der Waals surface area contributed by atoms with E-state index in [1.807, 2.05) is 0 Å². The Bertz CT molecular complexity index is 610. The largest absolute Gasteiger partial charge is 0.232 e. The van der Waals surface area contributed by atoms with Gasteiger partial charge in [-0.2, -0.15) is 0 Å². The summed E-state index contributed by atoms with van der Waals surface area (Å²) in [6.45, 7) is 0. The molecular weight excluding hydrogens is 260 g/mol. The van der Waals surface area contributed by atoms with E-state index >= 15 is 0 Å². The summed E-state index contributed by atoms with van der Waals surface area (Å²) in [5, 5.41) is 3.37. The van der Waals surface area contributed by atoms with Crippen molar-refractivity contribution in [2.24, 2.45) is 5.14 Å². The lowest BCUT2D eigenvalue weighted by molar-refractivity contribution is 0.232. The standard InChI is InChI=1S/C12H11F2NO2S/c13-10-6-7-11(18(15,16)17)12(14,8-10)9-4-2-1-3-5-9/h1-8,11H,(H2,15,16,17). The Hall–Kier alpha value is -1.53. The molecule has 0 saturated heterocycles. The van der Waals surface area contributed by atoms with Gasteiger partial charge in [0.25, 0.3) is 0 Å². The fraction of sp³-hybridized carbons (Fsp3) is 0.167. The molecule has 96 valence electrons. The Morgan fingerprint density at radius 3 is 2.39 bits per heavy atom. The zero-order valence-corrected chi connectivity index (χ0v) is 10.1. The van der Waals surface area contributed by atoms with Gasteiger partial charge >= 0.3 is 0 Å². The molecule has 6 heteroatoms. The maximum atomic E-state index is 14.9. The van der Waals surface area contributed by atoms with Crippen LogP contribution in [0.2, 0.25) is 0 Å². The molecule has 0 saturated carbocycles.